The molecule has 2 N–H and O–H groups in total. The molecule has 0 aliphatic heterocycles. The Labute approximate surface area is 101 Å². The Bertz CT molecular complexity index is 389. The van der Waals surface area contributed by atoms with Crippen LogP contribution in [0, 0.1) is 0 Å². The second-order valence-corrected chi connectivity index (χ2v) is 4.05. The molecule has 0 saturated carbocycles. The zero-order valence-corrected chi connectivity index (χ0v) is 10.1. The van der Waals surface area contributed by atoms with Crippen LogP contribution in [-0.2, 0) is 14.3 Å². The molecule has 0 aromatic heterocycles. The van der Waals surface area contributed by atoms with E-state index in [0.717, 1.165) is 5.56 Å². The van der Waals surface area contributed by atoms with Gasteiger partial charge in [0.2, 0.25) is 0 Å². The van der Waals surface area contributed by atoms with E-state index < -0.39 is 18.0 Å². The fraction of sp³-hybridized carbons (Fsp3) is 0.385. The van der Waals surface area contributed by atoms with Crippen LogP contribution in [0.15, 0.2) is 30.3 Å². The molecule has 0 spiro atoms. The van der Waals surface area contributed by atoms with Crippen molar-refractivity contribution in [2.24, 2.45) is 5.73 Å². The van der Waals surface area contributed by atoms with Crippen molar-refractivity contribution < 1.29 is 14.3 Å². The first-order valence-electron chi connectivity index (χ1n) is 5.54. The van der Waals surface area contributed by atoms with Gasteiger partial charge < -0.3 is 10.5 Å². The molecule has 1 rings (SSSR count). The Morgan fingerprint density at radius 1 is 1.24 bits per heavy atom. The summed E-state index contributed by atoms with van der Waals surface area (Å²) in [6.45, 7) is 3.40. The number of esters is 1. The minimum atomic E-state index is -0.870. The predicted octanol–water partition coefficient (Wildman–Crippen LogP) is 1.60. The number of hydrogen-bond acceptors (Lipinski definition) is 3. The summed E-state index contributed by atoms with van der Waals surface area (Å²) in [5.74, 6) is -0.984. The van der Waals surface area contributed by atoms with E-state index >= 15 is 0 Å². The van der Waals surface area contributed by atoms with Crippen LogP contribution in [0.25, 0.3) is 0 Å². The van der Waals surface area contributed by atoms with Crippen molar-refractivity contribution in [3.8, 4) is 0 Å². The van der Waals surface area contributed by atoms with E-state index in [4.69, 9.17) is 10.5 Å². The maximum absolute atomic E-state index is 11.5. The number of hydrogen-bond donors (Lipinski definition) is 1. The van der Waals surface area contributed by atoms with Crippen molar-refractivity contribution >= 4 is 11.9 Å². The largest absolute Gasteiger partial charge is 0.453 e. The molecule has 1 aromatic carbocycles. The molecule has 2 atom stereocenters. The van der Waals surface area contributed by atoms with Gasteiger partial charge in [0.1, 0.15) is 0 Å². The van der Waals surface area contributed by atoms with Crippen LogP contribution in [-0.4, -0.2) is 18.0 Å². The molecule has 0 unspecified atom stereocenters. The molecule has 0 saturated heterocycles. The molecule has 0 fully saturated rings. The van der Waals surface area contributed by atoms with E-state index in [0.29, 0.717) is 0 Å². The molecule has 4 heteroatoms. The highest BCUT2D eigenvalue weighted by Crippen LogP contribution is 2.19. The molecular formula is C13H17NO3. The summed E-state index contributed by atoms with van der Waals surface area (Å²) in [5, 5.41) is 0. The number of benzene rings is 1. The first-order valence-corrected chi connectivity index (χ1v) is 5.54. The number of amides is 1. The topological polar surface area (TPSA) is 69.4 Å². The first-order chi connectivity index (χ1) is 8.00. The van der Waals surface area contributed by atoms with Crippen LogP contribution in [0.2, 0.25) is 0 Å². The highest BCUT2D eigenvalue weighted by Gasteiger charge is 2.17. The second-order valence-electron chi connectivity index (χ2n) is 4.05. The molecule has 0 heterocycles. The Balaban J connectivity index is 2.49. The summed E-state index contributed by atoms with van der Waals surface area (Å²) >= 11 is 0. The van der Waals surface area contributed by atoms with E-state index in [1.54, 1.807) is 0 Å². The molecule has 1 aromatic rings. The minimum Gasteiger partial charge on any atom is -0.453 e. The van der Waals surface area contributed by atoms with E-state index in [9.17, 15) is 9.59 Å². The van der Waals surface area contributed by atoms with Crippen LogP contribution in [0.1, 0.15) is 31.7 Å². The summed E-state index contributed by atoms with van der Waals surface area (Å²) in [4.78, 5) is 22.2. The summed E-state index contributed by atoms with van der Waals surface area (Å²) < 4.78 is 4.89. The van der Waals surface area contributed by atoms with Gasteiger partial charge in [0.25, 0.3) is 5.91 Å². The van der Waals surface area contributed by atoms with Crippen molar-refractivity contribution in [3.63, 3.8) is 0 Å². The van der Waals surface area contributed by atoms with E-state index in [2.05, 4.69) is 0 Å². The maximum atomic E-state index is 11.5. The van der Waals surface area contributed by atoms with Gasteiger partial charge in [-0.1, -0.05) is 37.3 Å². The normalized spacial score (nSPS) is 13.8. The van der Waals surface area contributed by atoms with Gasteiger partial charge in [-0.3, -0.25) is 9.59 Å². The average molecular weight is 235 g/mol. The lowest BCUT2D eigenvalue weighted by Gasteiger charge is -2.13. The van der Waals surface area contributed by atoms with Gasteiger partial charge >= 0.3 is 5.97 Å². The number of rotatable bonds is 5. The van der Waals surface area contributed by atoms with Crippen molar-refractivity contribution in [1.82, 2.24) is 0 Å². The number of primary amides is 1. The summed E-state index contributed by atoms with van der Waals surface area (Å²) in [6, 6.07) is 9.67. The molecule has 0 bridgehead atoms. The predicted molar refractivity (Wildman–Crippen MR) is 64.2 cm³/mol. The van der Waals surface area contributed by atoms with Gasteiger partial charge in [0, 0.05) is 0 Å². The fourth-order valence-electron chi connectivity index (χ4n) is 1.45. The van der Waals surface area contributed by atoms with Gasteiger partial charge in [-0.15, -0.1) is 0 Å². The molecule has 0 aliphatic rings. The smallest absolute Gasteiger partial charge is 0.307 e. The van der Waals surface area contributed by atoms with Gasteiger partial charge in [0.05, 0.1) is 6.42 Å². The van der Waals surface area contributed by atoms with Crippen LogP contribution >= 0.6 is 0 Å². The SMILES string of the molecule is C[C@H](OC(=O)C[C@H](C)c1ccccc1)C(N)=O. The summed E-state index contributed by atoms with van der Waals surface area (Å²) in [6.07, 6.45) is -0.632. The molecule has 17 heavy (non-hydrogen) atoms. The standard InChI is InChI=1S/C13H17NO3/c1-9(11-6-4-3-5-7-11)8-12(15)17-10(2)13(14)16/h3-7,9-10H,8H2,1-2H3,(H2,14,16)/t9-,10-/m0/s1. The van der Waals surface area contributed by atoms with Gasteiger partial charge in [-0.05, 0) is 18.4 Å². The quantitative estimate of drug-likeness (QED) is 0.788. The number of ether oxygens (including phenoxy) is 1. The summed E-state index contributed by atoms with van der Waals surface area (Å²) in [5.41, 5.74) is 6.08. The second kappa shape index (κ2) is 6.03. The minimum absolute atomic E-state index is 0.0591. The fourth-order valence-corrected chi connectivity index (χ4v) is 1.45. The third kappa shape index (κ3) is 4.26. The van der Waals surface area contributed by atoms with E-state index in [-0.39, 0.29) is 12.3 Å². The Morgan fingerprint density at radius 3 is 2.35 bits per heavy atom. The van der Waals surface area contributed by atoms with Crippen molar-refractivity contribution in [3.05, 3.63) is 35.9 Å². The lowest BCUT2D eigenvalue weighted by atomic mass is 9.98. The number of nitrogens with two attached hydrogens (primary N) is 1. The number of carbonyl (C=O) groups excluding carboxylic acids is 2. The number of carbonyl (C=O) groups is 2. The Morgan fingerprint density at radius 2 is 1.82 bits per heavy atom. The van der Waals surface area contributed by atoms with Crippen molar-refractivity contribution in [1.29, 1.82) is 0 Å². The Kier molecular flexibility index (Phi) is 4.69. The zero-order valence-electron chi connectivity index (χ0n) is 10.1. The monoisotopic (exact) mass is 235 g/mol. The van der Waals surface area contributed by atoms with Gasteiger partial charge in [0.15, 0.2) is 6.10 Å². The first kappa shape index (κ1) is 13.2. The lowest BCUT2D eigenvalue weighted by Crippen LogP contribution is -2.30. The molecular weight excluding hydrogens is 218 g/mol. The highest BCUT2D eigenvalue weighted by molar-refractivity contribution is 5.82. The Hall–Kier alpha value is -1.84. The zero-order chi connectivity index (χ0) is 12.8. The van der Waals surface area contributed by atoms with E-state index in [1.807, 2.05) is 37.3 Å². The van der Waals surface area contributed by atoms with Gasteiger partial charge in [-0.25, -0.2) is 0 Å². The van der Waals surface area contributed by atoms with E-state index in [1.165, 1.54) is 6.92 Å². The van der Waals surface area contributed by atoms with Crippen LogP contribution in [0.5, 0.6) is 0 Å². The van der Waals surface area contributed by atoms with Gasteiger partial charge in [-0.2, -0.15) is 0 Å². The highest BCUT2D eigenvalue weighted by atomic mass is 16.5. The summed E-state index contributed by atoms with van der Waals surface area (Å²) in [7, 11) is 0. The molecule has 1 amide bonds. The molecule has 0 radical (unpaired) electrons. The van der Waals surface area contributed by atoms with Crippen molar-refractivity contribution in [2.45, 2.75) is 32.3 Å². The molecule has 0 aliphatic carbocycles. The van der Waals surface area contributed by atoms with Crippen LogP contribution in [0.3, 0.4) is 0 Å². The molecule has 4 nitrogen and oxygen atoms in total. The third-order valence-electron chi connectivity index (χ3n) is 2.55. The molecule has 92 valence electrons. The third-order valence-corrected chi connectivity index (χ3v) is 2.55. The van der Waals surface area contributed by atoms with Crippen LogP contribution in [0.4, 0.5) is 0 Å². The average Bonchev–Trinajstić information content (AvgIpc) is 2.29. The van der Waals surface area contributed by atoms with Crippen LogP contribution < -0.4 is 5.73 Å². The van der Waals surface area contributed by atoms with Crippen molar-refractivity contribution in [2.75, 3.05) is 0 Å². The lowest BCUT2D eigenvalue weighted by molar-refractivity contribution is -0.154. The maximum Gasteiger partial charge on any atom is 0.307 e.